The molecule has 430 valence electrons. The zero-order valence-corrected chi connectivity index (χ0v) is 49.4. The topological polar surface area (TPSA) is 78.9 Å². The van der Waals surface area contributed by atoms with Crippen LogP contribution in [-0.4, -0.2) is 37.2 Å². The highest BCUT2D eigenvalue weighted by Crippen LogP contribution is 2.18. The molecule has 1 unspecified atom stereocenters. The third-order valence-corrected chi connectivity index (χ3v) is 15.0. The Labute approximate surface area is 455 Å². The second-order valence-electron chi connectivity index (χ2n) is 22.4. The van der Waals surface area contributed by atoms with Gasteiger partial charge in [0, 0.05) is 19.3 Å². The number of hydrogen-bond acceptors (Lipinski definition) is 6. The maximum Gasteiger partial charge on any atom is 0.306 e. The lowest BCUT2D eigenvalue weighted by Crippen LogP contribution is -2.30. The van der Waals surface area contributed by atoms with Gasteiger partial charge in [-0.1, -0.05) is 321 Å². The lowest BCUT2D eigenvalue weighted by atomic mass is 10.0. The van der Waals surface area contributed by atoms with Crippen LogP contribution in [0.5, 0.6) is 0 Å². The molecule has 0 aliphatic rings. The van der Waals surface area contributed by atoms with Crippen LogP contribution in [0.2, 0.25) is 0 Å². The fraction of sp³-hybridized carbons (Fsp3) is 0.896. The van der Waals surface area contributed by atoms with Gasteiger partial charge in [0.25, 0.3) is 0 Å². The molecule has 0 N–H and O–H groups in total. The van der Waals surface area contributed by atoms with Gasteiger partial charge in [0.2, 0.25) is 0 Å². The van der Waals surface area contributed by atoms with E-state index in [2.05, 4.69) is 45.1 Å². The van der Waals surface area contributed by atoms with E-state index in [0.29, 0.717) is 19.3 Å². The maximum absolute atomic E-state index is 12.8. The Kier molecular flexibility index (Phi) is 60.6. The minimum atomic E-state index is -0.764. The van der Waals surface area contributed by atoms with Gasteiger partial charge < -0.3 is 14.2 Å². The van der Waals surface area contributed by atoms with E-state index in [-0.39, 0.29) is 31.1 Å². The van der Waals surface area contributed by atoms with Crippen molar-refractivity contribution in [3.63, 3.8) is 0 Å². The molecule has 1 atom stereocenters. The molecule has 0 saturated heterocycles. The Morgan fingerprint density at radius 3 is 0.753 bits per heavy atom. The highest BCUT2D eigenvalue weighted by atomic mass is 16.6. The summed E-state index contributed by atoms with van der Waals surface area (Å²) in [5, 5.41) is 0. The van der Waals surface area contributed by atoms with Gasteiger partial charge >= 0.3 is 17.9 Å². The first-order chi connectivity index (χ1) is 36.0. The van der Waals surface area contributed by atoms with Crippen LogP contribution in [0.4, 0.5) is 0 Å². The molecule has 6 heteroatoms. The molecule has 0 radical (unpaired) electrons. The van der Waals surface area contributed by atoms with Crippen molar-refractivity contribution >= 4 is 17.9 Å². The van der Waals surface area contributed by atoms with Gasteiger partial charge in [0.1, 0.15) is 13.2 Å². The molecule has 0 heterocycles. The van der Waals surface area contributed by atoms with E-state index in [0.717, 1.165) is 64.2 Å². The van der Waals surface area contributed by atoms with Gasteiger partial charge in [-0.05, 0) is 51.4 Å². The lowest BCUT2D eigenvalue weighted by molar-refractivity contribution is -0.167. The lowest BCUT2D eigenvalue weighted by Gasteiger charge is -2.18. The van der Waals surface area contributed by atoms with Crippen LogP contribution in [0.1, 0.15) is 367 Å². The Hall–Kier alpha value is -2.11. The molecule has 0 aromatic carbocycles. The Morgan fingerprint density at radius 1 is 0.274 bits per heavy atom. The number of ether oxygens (including phenoxy) is 3. The molecule has 0 bridgehead atoms. The Bertz CT molecular complexity index is 1180. The van der Waals surface area contributed by atoms with Crippen molar-refractivity contribution in [3.8, 4) is 0 Å². The predicted molar refractivity (Wildman–Crippen MR) is 316 cm³/mol. The SMILES string of the molecule is CCCCCCC/C=C\C/C=C\CCCCCCCCCCCCCCCCCCCC(=O)OCC(COC(=O)CCCCCCCCC)OC(=O)CCCCCCCCCCCCCCCCCCCCC. The summed E-state index contributed by atoms with van der Waals surface area (Å²) in [5.74, 6) is -0.845. The fourth-order valence-corrected chi connectivity index (χ4v) is 10.0. The van der Waals surface area contributed by atoms with Gasteiger partial charge in [-0.3, -0.25) is 14.4 Å². The van der Waals surface area contributed by atoms with Crippen molar-refractivity contribution in [2.24, 2.45) is 0 Å². The first-order valence-corrected chi connectivity index (χ1v) is 32.8. The third-order valence-electron chi connectivity index (χ3n) is 15.0. The average Bonchev–Trinajstić information content (AvgIpc) is 3.39. The third kappa shape index (κ3) is 60.6. The number of esters is 3. The standard InChI is InChI=1S/C67H126O6/c1-4-7-10-13-16-18-20-22-24-26-28-29-30-31-32-33-34-35-36-37-39-40-42-44-46-48-51-54-57-60-66(69)72-63-64(62-71-65(68)59-56-53-50-15-12-9-6-3)73-67(70)61-58-55-52-49-47-45-43-41-38-27-25-23-21-19-17-14-11-8-5-2/h20,22,26,28,64H,4-19,21,23-25,27,29-63H2,1-3H3/b22-20-,28-26-. The minimum absolute atomic E-state index is 0.0647. The van der Waals surface area contributed by atoms with Crippen LogP contribution in [0.15, 0.2) is 24.3 Å². The van der Waals surface area contributed by atoms with E-state index in [1.165, 1.54) is 263 Å². The molecule has 0 saturated carbocycles. The normalized spacial score (nSPS) is 12.1. The summed E-state index contributed by atoms with van der Waals surface area (Å²) in [6.07, 6.45) is 75.1. The van der Waals surface area contributed by atoms with Crippen molar-refractivity contribution in [2.75, 3.05) is 13.2 Å². The van der Waals surface area contributed by atoms with Gasteiger partial charge in [-0.15, -0.1) is 0 Å². The maximum atomic E-state index is 12.8. The molecule has 0 fully saturated rings. The fourth-order valence-electron chi connectivity index (χ4n) is 10.0. The van der Waals surface area contributed by atoms with Crippen LogP contribution in [0.3, 0.4) is 0 Å². The molecule has 0 spiro atoms. The molecule has 0 amide bonds. The van der Waals surface area contributed by atoms with Crippen LogP contribution >= 0.6 is 0 Å². The van der Waals surface area contributed by atoms with Crippen LogP contribution in [0, 0.1) is 0 Å². The number of carbonyl (C=O) groups is 3. The molecule has 6 nitrogen and oxygen atoms in total. The van der Waals surface area contributed by atoms with E-state index < -0.39 is 6.10 Å². The van der Waals surface area contributed by atoms with Gasteiger partial charge in [-0.25, -0.2) is 0 Å². The zero-order valence-electron chi connectivity index (χ0n) is 49.4. The van der Waals surface area contributed by atoms with Crippen molar-refractivity contribution in [2.45, 2.75) is 374 Å². The quantitative estimate of drug-likeness (QED) is 0.0261. The summed E-state index contributed by atoms with van der Waals surface area (Å²) in [6, 6.07) is 0. The molecule has 0 aliphatic carbocycles. The summed E-state index contributed by atoms with van der Waals surface area (Å²) in [5.41, 5.74) is 0. The van der Waals surface area contributed by atoms with Gasteiger partial charge in [0.05, 0.1) is 0 Å². The van der Waals surface area contributed by atoms with E-state index in [4.69, 9.17) is 14.2 Å². The minimum Gasteiger partial charge on any atom is -0.462 e. The number of unbranched alkanes of at least 4 members (excludes halogenated alkanes) is 46. The number of carbonyl (C=O) groups excluding carboxylic acids is 3. The monoisotopic (exact) mass is 1030 g/mol. The van der Waals surface area contributed by atoms with Crippen molar-refractivity contribution in [1.29, 1.82) is 0 Å². The second-order valence-corrected chi connectivity index (χ2v) is 22.4. The van der Waals surface area contributed by atoms with Gasteiger partial charge in [-0.2, -0.15) is 0 Å². The van der Waals surface area contributed by atoms with E-state index in [1.807, 2.05) is 0 Å². The molecular weight excluding hydrogens is 901 g/mol. The summed E-state index contributed by atoms with van der Waals surface area (Å²) < 4.78 is 16.9. The molecule has 0 aromatic rings. The summed E-state index contributed by atoms with van der Waals surface area (Å²) in [6.45, 7) is 6.65. The molecular formula is C67H126O6. The van der Waals surface area contributed by atoms with Gasteiger partial charge in [0.15, 0.2) is 6.10 Å². The predicted octanol–water partition coefficient (Wildman–Crippen LogP) is 22.2. The first kappa shape index (κ1) is 70.9. The summed E-state index contributed by atoms with van der Waals surface area (Å²) >= 11 is 0. The van der Waals surface area contributed by atoms with Crippen LogP contribution < -0.4 is 0 Å². The Morgan fingerprint density at radius 2 is 0.493 bits per heavy atom. The van der Waals surface area contributed by atoms with Crippen LogP contribution in [0.25, 0.3) is 0 Å². The highest BCUT2D eigenvalue weighted by molar-refractivity contribution is 5.71. The largest absolute Gasteiger partial charge is 0.462 e. The van der Waals surface area contributed by atoms with Crippen molar-refractivity contribution < 1.29 is 28.6 Å². The van der Waals surface area contributed by atoms with Crippen molar-refractivity contribution in [3.05, 3.63) is 24.3 Å². The molecule has 73 heavy (non-hydrogen) atoms. The highest BCUT2D eigenvalue weighted by Gasteiger charge is 2.19. The average molecular weight is 1030 g/mol. The summed E-state index contributed by atoms with van der Waals surface area (Å²) in [4.78, 5) is 38.1. The second kappa shape index (κ2) is 62.4. The summed E-state index contributed by atoms with van der Waals surface area (Å²) in [7, 11) is 0. The number of allylic oxidation sites excluding steroid dienone is 4. The molecule has 0 aliphatic heterocycles. The molecule has 0 rings (SSSR count). The molecule has 0 aromatic heterocycles. The number of hydrogen-bond donors (Lipinski definition) is 0. The van der Waals surface area contributed by atoms with E-state index in [9.17, 15) is 14.4 Å². The number of rotatable bonds is 61. The smallest absolute Gasteiger partial charge is 0.306 e. The van der Waals surface area contributed by atoms with Crippen molar-refractivity contribution in [1.82, 2.24) is 0 Å². The van der Waals surface area contributed by atoms with E-state index in [1.54, 1.807) is 0 Å². The van der Waals surface area contributed by atoms with E-state index >= 15 is 0 Å². The zero-order chi connectivity index (χ0) is 52.9. The van der Waals surface area contributed by atoms with Crippen LogP contribution in [-0.2, 0) is 28.6 Å². The Balaban J connectivity index is 4.02. The first-order valence-electron chi connectivity index (χ1n) is 32.8.